The lowest BCUT2D eigenvalue weighted by Crippen LogP contribution is -1.81. The zero-order chi connectivity index (χ0) is 10.5. The summed E-state index contributed by atoms with van der Waals surface area (Å²) in [5, 5.41) is 0. The molecule has 0 radical (unpaired) electrons. The molecule has 1 nitrogen and oxygen atoms in total. The summed E-state index contributed by atoms with van der Waals surface area (Å²) in [5.74, 6) is 1.01. The van der Waals surface area contributed by atoms with Gasteiger partial charge in [-0.25, -0.2) is 0 Å². The van der Waals surface area contributed by atoms with Crippen LogP contribution in [-0.2, 0) is 5.75 Å². The van der Waals surface area contributed by atoms with Gasteiger partial charge in [0.25, 0.3) is 0 Å². The van der Waals surface area contributed by atoms with Crippen LogP contribution in [0, 0.1) is 3.57 Å². The molecule has 0 unspecified atom stereocenters. The first-order chi connectivity index (χ1) is 7.34. The van der Waals surface area contributed by atoms with Gasteiger partial charge >= 0.3 is 0 Å². The molecule has 0 N–H and O–H groups in total. The number of hydrogen-bond donors (Lipinski definition) is 0. The van der Waals surface area contributed by atoms with E-state index in [1.165, 1.54) is 14.0 Å². The summed E-state index contributed by atoms with van der Waals surface area (Å²) < 4.78 is 1.28. The summed E-state index contributed by atoms with van der Waals surface area (Å²) in [7, 11) is 0. The smallest absolute Gasteiger partial charge is 0.0278 e. The molecule has 0 bridgehead atoms. The first kappa shape index (κ1) is 11.0. The Morgan fingerprint density at radius 2 is 1.67 bits per heavy atom. The Balaban J connectivity index is 1.96. The van der Waals surface area contributed by atoms with Crippen LogP contribution in [-0.4, -0.2) is 4.98 Å². The highest BCUT2D eigenvalue weighted by Gasteiger charge is 1.95. The summed E-state index contributed by atoms with van der Waals surface area (Å²) >= 11 is 4.16. The third kappa shape index (κ3) is 3.50. The quantitative estimate of drug-likeness (QED) is 0.625. The number of rotatable bonds is 3. The van der Waals surface area contributed by atoms with Crippen molar-refractivity contribution in [3.8, 4) is 0 Å². The molecule has 76 valence electrons. The van der Waals surface area contributed by atoms with Crippen LogP contribution in [0.3, 0.4) is 0 Å². The van der Waals surface area contributed by atoms with E-state index in [4.69, 9.17) is 0 Å². The molecule has 1 heterocycles. The predicted molar refractivity (Wildman–Crippen MR) is 73.0 cm³/mol. The van der Waals surface area contributed by atoms with Crippen molar-refractivity contribution in [1.82, 2.24) is 4.98 Å². The number of nitrogens with zero attached hydrogens (tertiary/aromatic N) is 1. The van der Waals surface area contributed by atoms with E-state index >= 15 is 0 Å². The lowest BCUT2D eigenvalue weighted by Gasteiger charge is -2.01. The van der Waals surface area contributed by atoms with E-state index < -0.39 is 0 Å². The fourth-order valence-corrected chi connectivity index (χ4v) is 2.38. The maximum Gasteiger partial charge on any atom is 0.0278 e. The van der Waals surface area contributed by atoms with Gasteiger partial charge in [-0.1, -0.05) is 12.1 Å². The Hall–Kier alpha value is -0.550. The lowest BCUT2D eigenvalue weighted by molar-refractivity contribution is 1.26. The minimum atomic E-state index is 1.01. The van der Waals surface area contributed by atoms with E-state index in [0.717, 1.165) is 5.75 Å². The van der Waals surface area contributed by atoms with Gasteiger partial charge in [0.1, 0.15) is 0 Å². The second-order valence-electron chi connectivity index (χ2n) is 3.10. The number of benzene rings is 1. The first-order valence-corrected chi connectivity index (χ1v) is 6.68. The molecule has 2 aromatic rings. The second-order valence-corrected chi connectivity index (χ2v) is 5.39. The summed E-state index contributed by atoms with van der Waals surface area (Å²) in [6.45, 7) is 0. The Kier molecular flexibility index (Phi) is 4.02. The normalized spacial score (nSPS) is 10.2. The van der Waals surface area contributed by atoms with E-state index in [9.17, 15) is 0 Å². The summed E-state index contributed by atoms with van der Waals surface area (Å²) in [6.07, 6.45) is 3.66. The predicted octanol–water partition coefficient (Wildman–Crippen LogP) is 3.98. The van der Waals surface area contributed by atoms with Gasteiger partial charge in [0.05, 0.1) is 0 Å². The Labute approximate surface area is 107 Å². The molecular formula is C12H10INS. The van der Waals surface area contributed by atoms with E-state index in [0.29, 0.717) is 0 Å². The molecule has 0 saturated heterocycles. The van der Waals surface area contributed by atoms with Gasteiger partial charge < -0.3 is 0 Å². The minimum absolute atomic E-state index is 1.01. The Morgan fingerprint density at radius 3 is 2.33 bits per heavy atom. The lowest BCUT2D eigenvalue weighted by atomic mass is 10.2. The van der Waals surface area contributed by atoms with Gasteiger partial charge in [-0.15, -0.1) is 11.8 Å². The standard InChI is InChI=1S/C12H10INS/c13-11-3-1-10(2-4-11)9-15-12-5-7-14-8-6-12/h1-8H,9H2. The number of aromatic nitrogens is 1. The molecule has 0 amide bonds. The van der Waals surface area contributed by atoms with Crippen LogP contribution in [0.1, 0.15) is 5.56 Å². The van der Waals surface area contributed by atoms with E-state index in [1.54, 1.807) is 0 Å². The molecule has 1 aromatic carbocycles. The van der Waals surface area contributed by atoms with Crippen LogP contribution < -0.4 is 0 Å². The van der Waals surface area contributed by atoms with E-state index in [1.807, 2.05) is 36.3 Å². The molecule has 0 fully saturated rings. The van der Waals surface area contributed by atoms with Crippen LogP contribution in [0.2, 0.25) is 0 Å². The van der Waals surface area contributed by atoms with E-state index in [-0.39, 0.29) is 0 Å². The van der Waals surface area contributed by atoms with Gasteiger partial charge in [0.2, 0.25) is 0 Å². The first-order valence-electron chi connectivity index (χ1n) is 4.62. The highest BCUT2D eigenvalue weighted by atomic mass is 127. The van der Waals surface area contributed by atoms with Crippen LogP contribution in [0.25, 0.3) is 0 Å². The molecule has 0 aliphatic heterocycles. The van der Waals surface area contributed by atoms with Crippen LogP contribution in [0.5, 0.6) is 0 Å². The molecule has 2 rings (SSSR count). The topological polar surface area (TPSA) is 12.9 Å². The van der Waals surface area contributed by atoms with Crippen LogP contribution >= 0.6 is 34.4 Å². The Bertz CT molecular complexity index is 413. The summed E-state index contributed by atoms with van der Waals surface area (Å²) in [5.41, 5.74) is 1.36. The van der Waals surface area contributed by atoms with E-state index in [2.05, 4.69) is 51.8 Å². The zero-order valence-electron chi connectivity index (χ0n) is 8.06. The fraction of sp³-hybridized carbons (Fsp3) is 0.0833. The maximum absolute atomic E-state index is 4.00. The highest BCUT2D eigenvalue weighted by Crippen LogP contribution is 2.21. The number of pyridine rings is 1. The number of halogens is 1. The van der Waals surface area contributed by atoms with Crippen molar-refractivity contribution in [2.45, 2.75) is 10.6 Å². The van der Waals surface area contributed by atoms with Crippen molar-refractivity contribution in [2.24, 2.45) is 0 Å². The van der Waals surface area contributed by atoms with Gasteiger partial charge in [-0.3, -0.25) is 4.98 Å². The third-order valence-corrected chi connectivity index (χ3v) is 3.77. The maximum atomic E-state index is 4.00. The average Bonchev–Trinajstić information content (AvgIpc) is 2.30. The molecule has 0 atom stereocenters. The molecule has 0 spiro atoms. The van der Waals surface area contributed by atoms with Crippen molar-refractivity contribution in [2.75, 3.05) is 0 Å². The van der Waals surface area contributed by atoms with Gasteiger partial charge in [-0.2, -0.15) is 0 Å². The fourth-order valence-electron chi connectivity index (χ4n) is 1.18. The van der Waals surface area contributed by atoms with Crippen molar-refractivity contribution in [1.29, 1.82) is 0 Å². The largest absolute Gasteiger partial charge is 0.265 e. The third-order valence-electron chi connectivity index (χ3n) is 1.97. The van der Waals surface area contributed by atoms with Crippen molar-refractivity contribution in [3.63, 3.8) is 0 Å². The van der Waals surface area contributed by atoms with Crippen molar-refractivity contribution in [3.05, 3.63) is 57.9 Å². The number of thioether (sulfide) groups is 1. The summed E-state index contributed by atoms with van der Waals surface area (Å²) in [6, 6.07) is 12.7. The monoisotopic (exact) mass is 327 g/mol. The van der Waals surface area contributed by atoms with Gasteiger partial charge in [0, 0.05) is 26.6 Å². The Morgan fingerprint density at radius 1 is 1.00 bits per heavy atom. The zero-order valence-corrected chi connectivity index (χ0v) is 11.0. The van der Waals surface area contributed by atoms with Crippen LogP contribution in [0.15, 0.2) is 53.7 Å². The van der Waals surface area contributed by atoms with Crippen LogP contribution in [0.4, 0.5) is 0 Å². The summed E-state index contributed by atoms with van der Waals surface area (Å²) in [4.78, 5) is 5.26. The van der Waals surface area contributed by atoms with Gasteiger partial charge in [-0.05, 0) is 52.4 Å². The molecule has 0 aliphatic carbocycles. The number of hydrogen-bond acceptors (Lipinski definition) is 2. The molecule has 15 heavy (non-hydrogen) atoms. The molecule has 3 heteroatoms. The highest BCUT2D eigenvalue weighted by molar-refractivity contribution is 14.1. The van der Waals surface area contributed by atoms with Crippen molar-refractivity contribution < 1.29 is 0 Å². The van der Waals surface area contributed by atoms with Crippen molar-refractivity contribution >= 4 is 34.4 Å². The molecule has 0 saturated carbocycles. The average molecular weight is 327 g/mol. The molecular weight excluding hydrogens is 317 g/mol. The van der Waals surface area contributed by atoms with Gasteiger partial charge in [0.15, 0.2) is 0 Å². The SMILES string of the molecule is Ic1ccc(CSc2ccncc2)cc1. The molecule has 1 aromatic heterocycles. The second kappa shape index (κ2) is 5.51. The minimum Gasteiger partial charge on any atom is -0.265 e. The molecule has 0 aliphatic rings.